The molecule has 2 fully saturated rings. The van der Waals surface area contributed by atoms with E-state index < -0.39 is 0 Å². The normalized spacial score (nSPS) is 16.7. The maximum absolute atomic E-state index is 13.6. The maximum Gasteiger partial charge on any atom is 0.255 e. The van der Waals surface area contributed by atoms with E-state index in [1.807, 2.05) is 54.0 Å². The number of halogens is 1. The Labute approximate surface area is 262 Å². The van der Waals surface area contributed by atoms with Crippen molar-refractivity contribution in [1.29, 1.82) is 0 Å². The molecule has 0 aliphatic carbocycles. The number of benzene rings is 1. The topological polar surface area (TPSA) is 71.9 Å². The molecule has 0 N–H and O–H groups in total. The monoisotopic (exact) mass is 604 g/mol. The van der Waals surface area contributed by atoms with Crippen LogP contribution >= 0.6 is 0 Å². The van der Waals surface area contributed by atoms with Crippen LogP contribution in [0.2, 0.25) is 0 Å². The minimum atomic E-state index is -0.258. The zero-order valence-corrected chi connectivity index (χ0v) is 27.6. The summed E-state index contributed by atoms with van der Waals surface area (Å²) >= 11 is 0. The zero-order chi connectivity index (χ0) is 31.8. The Hall–Kier alpha value is -3.79. The number of pyridine rings is 1. The van der Waals surface area contributed by atoms with Crippen molar-refractivity contribution >= 4 is 23.5 Å². The lowest BCUT2D eigenvalue weighted by Gasteiger charge is -2.37. The van der Waals surface area contributed by atoms with Crippen LogP contribution in [0.15, 0.2) is 42.6 Å². The van der Waals surface area contributed by atoms with Gasteiger partial charge in [0.2, 0.25) is 5.95 Å². The summed E-state index contributed by atoms with van der Waals surface area (Å²) in [5, 5.41) is 0. The highest BCUT2D eigenvalue weighted by Crippen LogP contribution is 2.30. The third-order valence-corrected chi connectivity index (χ3v) is 8.30. The van der Waals surface area contributed by atoms with Crippen LogP contribution in [0.25, 0.3) is 11.3 Å². The molecule has 5 rings (SSSR count). The highest BCUT2D eigenvalue weighted by atomic mass is 19.1. The highest BCUT2D eigenvalue weighted by Gasteiger charge is 2.27. The first-order valence-electron chi connectivity index (χ1n) is 16.0. The van der Waals surface area contributed by atoms with Crippen molar-refractivity contribution in [3.05, 3.63) is 59.5 Å². The van der Waals surface area contributed by atoms with Crippen molar-refractivity contribution in [2.24, 2.45) is 0 Å². The van der Waals surface area contributed by atoms with Gasteiger partial charge in [-0.05, 0) is 89.6 Å². The number of aryl methyl sites for hydroxylation is 1. The maximum atomic E-state index is 13.6. The molecule has 3 aromatic rings. The lowest BCUT2D eigenvalue weighted by molar-refractivity contribution is 0.0790. The molecule has 0 spiro atoms. The molecule has 2 saturated heterocycles. The number of aromatic nitrogens is 3. The smallest absolute Gasteiger partial charge is 0.255 e. The van der Waals surface area contributed by atoms with Gasteiger partial charge in [-0.1, -0.05) is 13.8 Å². The van der Waals surface area contributed by atoms with Crippen molar-refractivity contribution in [2.45, 2.75) is 53.0 Å². The van der Waals surface area contributed by atoms with Gasteiger partial charge in [-0.25, -0.2) is 14.4 Å². The average molecular weight is 605 g/mol. The number of amides is 1. The first kappa shape index (κ1) is 33.1. The van der Waals surface area contributed by atoms with E-state index in [-0.39, 0.29) is 11.7 Å². The fourth-order valence-electron chi connectivity index (χ4n) is 5.82. The summed E-state index contributed by atoms with van der Waals surface area (Å²) in [6.45, 7) is 14.0. The third kappa shape index (κ3) is 8.02. The molecule has 2 aromatic heterocycles. The van der Waals surface area contributed by atoms with Gasteiger partial charge in [-0.3, -0.25) is 4.79 Å². The van der Waals surface area contributed by atoms with E-state index in [9.17, 15) is 9.18 Å². The molecule has 0 saturated carbocycles. The van der Waals surface area contributed by atoms with Crippen LogP contribution in [-0.4, -0.2) is 104 Å². The summed E-state index contributed by atoms with van der Waals surface area (Å²) in [5.41, 5.74) is 3.31. The summed E-state index contributed by atoms with van der Waals surface area (Å²) in [6, 6.07) is 10.9. The van der Waals surface area contributed by atoms with Gasteiger partial charge in [0.15, 0.2) is 0 Å². The molecule has 1 aromatic carbocycles. The zero-order valence-electron chi connectivity index (χ0n) is 27.6. The molecule has 1 amide bonds. The summed E-state index contributed by atoms with van der Waals surface area (Å²) < 4.78 is 13.6. The molecule has 9 nitrogen and oxygen atoms in total. The molecule has 4 heterocycles. The predicted molar refractivity (Wildman–Crippen MR) is 178 cm³/mol. The van der Waals surface area contributed by atoms with Gasteiger partial charge in [-0.15, -0.1) is 0 Å². The summed E-state index contributed by atoms with van der Waals surface area (Å²) in [4.78, 5) is 38.4. The van der Waals surface area contributed by atoms with Crippen molar-refractivity contribution in [1.82, 2.24) is 24.8 Å². The number of carbonyl (C=O) groups excluding carboxylic acids is 1. The number of hydrogen-bond donors (Lipinski definition) is 0. The van der Waals surface area contributed by atoms with E-state index in [0.717, 1.165) is 92.9 Å². The molecule has 0 radical (unpaired) electrons. The molecular weight excluding hydrogens is 555 g/mol. The number of nitrogens with zero attached hydrogens (tertiary/aromatic N) is 8. The Morgan fingerprint density at radius 1 is 0.955 bits per heavy atom. The molecular formula is C34H49FN8O. The average Bonchev–Trinajstić information content (AvgIpc) is 3.47. The Bertz CT molecular complexity index is 1370. The van der Waals surface area contributed by atoms with Gasteiger partial charge in [-0.2, -0.15) is 4.98 Å². The molecule has 10 heteroatoms. The number of hydrogen-bond acceptors (Lipinski definition) is 8. The lowest BCUT2D eigenvalue weighted by atomic mass is 10.1. The lowest BCUT2D eigenvalue weighted by Crippen LogP contribution is -2.47. The van der Waals surface area contributed by atoms with Crippen LogP contribution in [0, 0.1) is 12.7 Å². The second-order valence-electron chi connectivity index (χ2n) is 11.8. The molecule has 0 bridgehead atoms. The van der Waals surface area contributed by atoms with Gasteiger partial charge >= 0.3 is 0 Å². The van der Waals surface area contributed by atoms with E-state index in [0.29, 0.717) is 18.2 Å². The van der Waals surface area contributed by atoms with Gasteiger partial charge in [0, 0.05) is 70.2 Å². The fraction of sp³-hybridized carbons (Fsp3) is 0.529. The fourth-order valence-corrected chi connectivity index (χ4v) is 5.82. The second-order valence-corrected chi connectivity index (χ2v) is 11.8. The Balaban J connectivity index is 0.00000216. The van der Waals surface area contributed by atoms with Crippen molar-refractivity contribution < 1.29 is 9.18 Å². The van der Waals surface area contributed by atoms with Gasteiger partial charge in [0.25, 0.3) is 5.91 Å². The van der Waals surface area contributed by atoms with Crippen molar-refractivity contribution in [2.75, 3.05) is 81.7 Å². The van der Waals surface area contributed by atoms with Crippen LogP contribution < -0.4 is 14.7 Å². The van der Waals surface area contributed by atoms with Crippen LogP contribution in [0.4, 0.5) is 22.0 Å². The standard InChI is InChI=1S/C32H43FN8O.C2H6/c1-23-20-26(31(42)38(5)14-7-13-37(3)4)22-34-30(23)40-18-16-39(17-19-40)29-21-28(25-9-11-27(33)12-10-25)35-32(36-29)41-15-6-8-24(41)2;1-2/h9-12,20-22,24H,6-8,13-19H2,1-5H3;1-2H3. The van der Waals surface area contributed by atoms with Crippen LogP contribution in [0.5, 0.6) is 0 Å². The van der Waals surface area contributed by atoms with E-state index in [4.69, 9.17) is 15.0 Å². The van der Waals surface area contributed by atoms with E-state index in [2.05, 4.69) is 26.5 Å². The molecule has 1 atom stereocenters. The number of carbonyl (C=O) groups is 1. The molecule has 44 heavy (non-hydrogen) atoms. The van der Waals surface area contributed by atoms with Gasteiger partial charge < -0.3 is 24.5 Å². The van der Waals surface area contributed by atoms with Crippen LogP contribution in [-0.2, 0) is 0 Å². The van der Waals surface area contributed by atoms with Crippen molar-refractivity contribution in [3.8, 4) is 11.3 Å². The SMILES string of the molecule is CC.Cc1cc(C(=O)N(C)CCCN(C)C)cnc1N1CCN(c2cc(-c3ccc(F)cc3)nc(N3CCCC3C)n2)CC1. The number of rotatable bonds is 9. The summed E-state index contributed by atoms with van der Waals surface area (Å²) in [6.07, 6.45) is 4.90. The molecule has 2 aliphatic rings. The first-order chi connectivity index (χ1) is 21.2. The van der Waals surface area contributed by atoms with E-state index in [1.54, 1.807) is 23.2 Å². The van der Waals surface area contributed by atoms with Crippen LogP contribution in [0.1, 0.15) is 56.0 Å². The van der Waals surface area contributed by atoms with Crippen LogP contribution in [0.3, 0.4) is 0 Å². The largest absolute Gasteiger partial charge is 0.353 e. The molecule has 1 unspecified atom stereocenters. The highest BCUT2D eigenvalue weighted by molar-refractivity contribution is 5.94. The Kier molecular flexibility index (Phi) is 11.5. The first-order valence-corrected chi connectivity index (χ1v) is 16.0. The van der Waals surface area contributed by atoms with Crippen molar-refractivity contribution in [3.63, 3.8) is 0 Å². The quantitative estimate of drug-likeness (QED) is 0.324. The minimum Gasteiger partial charge on any atom is -0.353 e. The Morgan fingerprint density at radius 3 is 2.25 bits per heavy atom. The Morgan fingerprint density at radius 2 is 1.64 bits per heavy atom. The number of anilines is 3. The molecule has 2 aliphatic heterocycles. The van der Waals surface area contributed by atoms with E-state index >= 15 is 0 Å². The van der Waals surface area contributed by atoms with Gasteiger partial charge in [0.1, 0.15) is 17.5 Å². The second kappa shape index (κ2) is 15.3. The minimum absolute atomic E-state index is 0.00423. The van der Waals surface area contributed by atoms with E-state index in [1.165, 1.54) is 12.1 Å². The predicted octanol–water partition coefficient (Wildman–Crippen LogP) is 5.35. The number of piperazine rings is 1. The summed E-state index contributed by atoms with van der Waals surface area (Å²) in [5.74, 6) is 2.29. The summed E-state index contributed by atoms with van der Waals surface area (Å²) in [7, 11) is 5.93. The van der Waals surface area contributed by atoms with Gasteiger partial charge in [0.05, 0.1) is 11.3 Å². The molecule has 238 valence electrons. The third-order valence-electron chi connectivity index (χ3n) is 8.30.